The Kier molecular flexibility index (Phi) is 12.7. The number of sulfonamides is 1. The van der Waals surface area contributed by atoms with E-state index in [1.807, 2.05) is 33.3 Å². The summed E-state index contributed by atoms with van der Waals surface area (Å²) < 4.78 is 72.3. The Balaban J connectivity index is 1.69. The molecule has 1 unspecified atom stereocenters. The number of nitrogens with zero attached hydrogens (tertiary/aromatic N) is 5. The highest BCUT2D eigenvalue weighted by molar-refractivity contribution is 7.89. The molecule has 268 valence electrons. The number of nitrogens with one attached hydrogen (secondary N) is 2. The van der Waals surface area contributed by atoms with Gasteiger partial charge in [-0.25, -0.2) is 22.0 Å². The standard InChI is InChI=1S/C32H43F2N7O7S/c1-21(38(2)3)19-39(4)24-7-8-26(28(18-24)35-10-12-46-5)31(42)36-30-27-20-40(49(44,45)25-16-22(33)15-23(34)17-25)11-9-29(27)41(37-30)32(43)48-14-13-47-6/h7-8,15-18,21,35H,9-14,19-20H2,1-6H3,(H,36,37,42). The molecule has 2 heterocycles. The molecule has 0 aliphatic carbocycles. The Morgan fingerprint density at radius 1 is 1.02 bits per heavy atom. The summed E-state index contributed by atoms with van der Waals surface area (Å²) >= 11 is 0. The number of likely N-dealkylation sites (N-methyl/N-ethyl adjacent to an activating group) is 2. The Labute approximate surface area is 284 Å². The summed E-state index contributed by atoms with van der Waals surface area (Å²) in [4.78, 5) is 30.5. The average molecular weight is 708 g/mol. The number of anilines is 3. The van der Waals surface area contributed by atoms with E-state index in [9.17, 15) is 26.8 Å². The molecule has 1 aliphatic rings. The van der Waals surface area contributed by atoms with Crippen molar-refractivity contribution >= 4 is 39.2 Å². The molecule has 2 N–H and O–H groups in total. The smallest absolute Gasteiger partial charge is 0.435 e. The molecule has 49 heavy (non-hydrogen) atoms. The van der Waals surface area contributed by atoms with Gasteiger partial charge in [-0.15, -0.1) is 5.10 Å². The number of hydrogen-bond acceptors (Lipinski definition) is 11. The Bertz CT molecular complexity index is 1730. The fourth-order valence-corrected chi connectivity index (χ4v) is 6.64. The van der Waals surface area contributed by atoms with Crippen LogP contribution in [0.2, 0.25) is 0 Å². The van der Waals surface area contributed by atoms with Crippen molar-refractivity contribution in [2.75, 3.05) is 90.4 Å². The SMILES string of the molecule is COCCNc1cc(N(C)CC(C)N(C)C)ccc1C(=O)Nc1nn(C(=O)OCCOC)c2c1CN(S(=O)(=O)c1cc(F)cc(F)c1)CC2. The molecular formula is C32H43F2N7O7S. The minimum atomic E-state index is -4.38. The number of aromatic nitrogens is 2. The van der Waals surface area contributed by atoms with Crippen LogP contribution in [0.25, 0.3) is 0 Å². The zero-order valence-electron chi connectivity index (χ0n) is 28.5. The lowest BCUT2D eigenvalue weighted by Gasteiger charge is -2.28. The summed E-state index contributed by atoms with van der Waals surface area (Å²) in [5, 5.41) is 10.3. The molecule has 17 heteroatoms. The van der Waals surface area contributed by atoms with Crippen LogP contribution < -0.4 is 15.5 Å². The number of benzene rings is 2. The van der Waals surface area contributed by atoms with Gasteiger partial charge >= 0.3 is 6.09 Å². The molecule has 1 aromatic heterocycles. The third-order valence-corrected chi connectivity index (χ3v) is 9.97. The van der Waals surface area contributed by atoms with Crippen molar-refractivity contribution in [2.24, 2.45) is 0 Å². The molecular weight excluding hydrogens is 664 g/mol. The van der Waals surface area contributed by atoms with Crippen LogP contribution in [0.4, 0.5) is 30.8 Å². The second-order valence-corrected chi connectivity index (χ2v) is 13.7. The lowest BCUT2D eigenvalue weighted by molar-refractivity contribution is 0.0967. The molecule has 0 saturated heterocycles. The van der Waals surface area contributed by atoms with Crippen molar-refractivity contribution in [3.63, 3.8) is 0 Å². The van der Waals surface area contributed by atoms with Crippen LogP contribution in [0.1, 0.15) is 28.5 Å². The van der Waals surface area contributed by atoms with E-state index in [2.05, 4.69) is 32.5 Å². The number of amides is 1. The lowest BCUT2D eigenvalue weighted by atomic mass is 10.1. The largest absolute Gasteiger partial charge is 0.445 e. The third-order valence-electron chi connectivity index (χ3n) is 8.14. The second-order valence-electron chi connectivity index (χ2n) is 11.8. The number of ether oxygens (including phenoxy) is 3. The fraction of sp³-hybridized carbons (Fsp3) is 0.469. The molecule has 2 aromatic carbocycles. The predicted molar refractivity (Wildman–Crippen MR) is 180 cm³/mol. The van der Waals surface area contributed by atoms with Crippen molar-refractivity contribution in [1.82, 2.24) is 19.0 Å². The molecule has 1 amide bonds. The monoisotopic (exact) mass is 707 g/mol. The first-order valence-electron chi connectivity index (χ1n) is 15.6. The molecule has 0 fully saturated rings. The molecule has 3 aromatic rings. The fourth-order valence-electron chi connectivity index (χ4n) is 5.19. The number of hydrogen-bond donors (Lipinski definition) is 2. The van der Waals surface area contributed by atoms with Crippen LogP contribution in [0, 0.1) is 11.6 Å². The van der Waals surface area contributed by atoms with Gasteiger partial charge in [0.25, 0.3) is 5.91 Å². The maximum absolute atomic E-state index is 14.0. The van der Waals surface area contributed by atoms with Gasteiger partial charge < -0.3 is 34.6 Å². The normalized spacial score (nSPS) is 14.0. The van der Waals surface area contributed by atoms with E-state index in [-0.39, 0.29) is 55.7 Å². The molecule has 4 rings (SSSR count). The molecule has 0 radical (unpaired) electrons. The highest BCUT2D eigenvalue weighted by Gasteiger charge is 2.35. The third kappa shape index (κ3) is 9.10. The van der Waals surface area contributed by atoms with Crippen molar-refractivity contribution in [3.8, 4) is 0 Å². The van der Waals surface area contributed by atoms with E-state index in [1.165, 1.54) is 7.11 Å². The topological polar surface area (TPSA) is 148 Å². The van der Waals surface area contributed by atoms with E-state index >= 15 is 0 Å². The summed E-state index contributed by atoms with van der Waals surface area (Å²) in [5.41, 5.74) is 2.18. The molecule has 1 aliphatic heterocycles. The minimum Gasteiger partial charge on any atom is -0.445 e. The van der Waals surface area contributed by atoms with Gasteiger partial charge in [-0.05, 0) is 51.4 Å². The molecule has 0 spiro atoms. The molecule has 0 bridgehead atoms. The molecule has 1 atom stereocenters. The average Bonchev–Trinajstić information content (AvgIpc) is 3.41. The summed E-state index contributed by atoms with van der Waals surface area (Å²) in [6.07, 6.45) is -0.858. The van der Waals surface area contributed by atoms with Crippen LogP contribution >= 0.6 is 0 Å². The maximum Gasteiger partial charge on any atom is 0.435 e. The molecule has 0 saturated carbocycles. The highest BCUT2D eigenvalue weighted by atomic mass is 32.2. The minimum absolute atomic E-state index is 0.00909. The number of methoxy groups -OCH3 is 2. The van der Waals surface area contributed by atoms with E-state index in [1.54, 1.807) is 13.2 Å². The number of carbonyl (C=O) groups is 2. The number of rotatable bonds is 15. The number of fused-ring (bicyclic) bond motifs is 1. The van der Waals surface area contributed by atoms with Crippen molar-refractivity contribution in [3.05, 3.63) is 64.9 Å². The van der Waals surface area contributed by atoms with Crippen LogP contribution in [-0.2, 0) is 37.2 Å². The summed E-state index contributed by atoms with van der Waals surface area (Å²) in [6, 6.07) is 7.61. The quantitative estimate of drug-likeness (QED) is 0.225. The first-order valence-corrected chi connectivity index (χ1v) is 17.0. The zero-order chi connectivity index (χ0) is 35.9. The first-order chi connectivity index (χ1) is 23.3. The highest BCUT2D eigenvalue weighted by Crippen LogP contribution is 2.32. The van der Waals surface area contributed by atoms with Crippen LogP contribution in [0.5, 0.6) is 0 Å². The second kappa shape index (κ2) is 16.5. The van der Waals surface area contributed by atoms with Gasteiger partial charge in [-0.2, -0.15) is 8.99 Å². The van der Waals surface area contributed by atoms with Gasteiger partial charge in [0.05, 0.1) is 29.4 Å². The van der Waals surface area contributed by atoms with Crippen LogP contribution in [-0.4, -0.2) is 120 Å². The van der Waals surface area contributed by atoms with E-state index in [0.29, 0.717) is 30.6 Å². The predicted octanol–water partition coefficient (Wildman–Crippen LogP) is 3.24. The lowest BCUT2D eigenvalue weighted by Crippen LogP contribution is -2.37. The van der Waals surface area contributed by atoms with Crippen LogP contribution in [0.3, 0.4) is 0 Å². The van der Waals surface area contributed by atoms with Crippen molar-refractivity contribution in [2.45, 2.75) is 30.8 Å². The van der Waals surface area contributed by atoms with E-state index in [4.69, 9.17) is 14.2 Å². The van der Waals surface area contributed by atoms with Gasteiger partial charge in [0.1, 0.15) is 18.2 Å². The Morgan fingerprint density at radius 2 is 1.71 bits per heavy atom. The van der Waals surface area contributed by atoms with Gasteiger partial charge in [0.15, 0.2) is 5.82 Å². The van der Waals surface area contributed by atoms with E-state index in [0.717, 1.165) is 33.4 Å². The van der Waals surface area contributed by atoms with Crippen molar-refractivity contribution < 1.29 is 41.0 Å². The zero-order valence-corrected chi connectivity index (χ0v) is 29.3. The van der Waals surface area contributed by atoms with Gasteiger partial charge in [-0.3, -0.25) is 4.79 Å². The Hall–Kier alpha value is -4.16. The summed E-state index contributed by atoms with van der Waals surface area (Å²) in [6.45, 7) is 3.20. The number of halogens is 2. The van der Waals surface area contributed by atoms with Crippen molar-refractivity contribution in [1.29, 1.82) is 0 Å². The van der Waals surface area contributed by atoms with Gasteiger partial charge in [0.2, 0.25) is 10.0 Å². The van der Waals surface area contributed by atoms with Gasteiger partial charge in [-0.1, -0.05) is 0 Å². The summed E-state index contributed by atoms with van der Waals surface area (Å²) in [5.74, 6) is -2.74. The van der Waals surface area contributed by atoms with E-state index < -0.39 is 38.6 Å². The maximum atomic E-state index is 14.0. The number of carbonyl (C=O) groups excluding carboxylic acids is 2. The van der Waals surface area contributed by atoms with Gasteiger partial charge in [0, 0.05) is 82.9 Å². The Morgan fingerprint density at radius 3 is 2.37 bits per heavy atom. The van der Waals surface area contributed by atoms with Crippen LogP contribution in [0.15, 0.2) is 41.3 Å². The molecule has 14 nitrogen and oxygen atoms in total. The summed E-state index contributed by atoms with van der Waals surface area (Å²) in [7, 11) is 4.59. The first kappa shape index (κ1) is 37.7.